The second-order valence-corrected chi connectivity index (χ2v) is 5.37. The monoisotopic (exact) mass is 218 g/mol. The summed E-state index contributed by atoms with van der Waals surface area (Å²) in [5, 5.41) is 20.9. The van der Waals surface area contributed by atoms with Gasteiger partial charge in [-0.2, -0.15) is 0 Å². The van der Waals surface area contributed by atoms with Crippen LogP contribution in [-0.2, 0) is 0 Å². The van der Waals surface area contributed by atoms with Gasteiger partial charge in [-0.15, -0.1) is 0 Å². The van der Waals surface area contributed by atoms with Gasteiger partial charge in [-0.1, -0.05) is 11.8 Å². The Morgan fingerprint density at radius 1 is 1.29 bits per heavy atom. The van der Waals surface area contributed by atoms with E-state index in [0.717, 1.165) is 38.4 Å². The maximum absolute atomic E-state index is 9.55. The number of nitrogens with one attached hydrogen (secondary N) is 1. The third kappa shape index (κ3) is 2.61. The molecule has 2 heterocycles. The summed E-state index contributed by atoms with van der Waals surface area (Å²) in [6, 6.07) is 0.355. The summed E-state index contributed by atoms with van der Waals surface area (Å²) in [5.74, 6) is 0.849. The number of thioether (sulfide) groups is 1. The first kappa shape index (κ1) is 10.7. The topological polar surface area (TPSA) is 55.7 Å². The van der Waals surface area contributed by atoms with Gasteiger partial charge in [0.15, 0.2) is 0 Å². The molecule has 0 aromatic rings. The highest BCUT2D eigenvalue weighted by atomic mass is 32.2. The first-order chi connectivity index (χ1) is 6.67. The summed E-state index contributed by atoms with van der Waals surface area (Å²) in [7, 11) is 0. The van der Waals surface area contributed by atoms with Crippen LogP contribution in [0.3, 0.4) is 0 Å². The van der Waals surface area contributed by atoms with Crippen LogP contribution in [0.5, 0.6) is 0 Å². The molecule has 0 bridgehead atoms. The number of rotatable bonds is 1. The van der Waals surface area contributed by atoms with Crippen molar-refractivity contribution >= 4 is 11.8 Å². The van der Waals surface area contributed by atoms with Gasteiger partial charge in [-0.25, -0.2) is 0 Å². The lowest BCUT2D eigenvalue weighted by molar-refractivity contribution is -0.101. The maximum Gasteiger partial charge on any atom is 0.214 e. The zero-order chi connectivity index (χ0) is 10.0. The van der Waals surface area contributed by atoms with E-state index >= 15 is 0 Å². The van der Waals surface area contributed by atoms with Crippen molar-refractivity contribution in [3.05, 3.63) is 0 Å². The lowest BCUT2D eigenvalue weighted by Gasteiger charge is -2.40. The lowest BCUT2D eigenvalue weighted by atomic mass is 10.1. The molecule has 0 amide bonds. The van der Waals surface area contributed by atoms with Gasteiger partial charge in [0.2, 0.25) is 5.12 Å². The van der Waals surface area contributed by atoms with E-state index < -0.39 is 5.12 Å². The highest BCUT2D eigenvalue weighted by Crippen LogP contribution is 2.33. The molecule has 0 saturated carbocycles. The molecule has 0 radical (unpaired) electrons. The fraction of sp³-hybridized carbons (Fsp3) is 1.00. The van der Waals surface area contributed by atoms with Crippen LogP contribution in [0.4, 0.5) is 0 Å². The molecule has 0 spiro atoms. The Morgan fingerprint density at radius 2 is 2.00 bits per heavy atom. The second-order valence-electron chi connectivity index (χ2n) is 4.02. The summed E-state index contributed by atoms with van der Waals surface area (Å²) in [5.41, 5.74) is 0. The summed E-state index contributed by atoms with van der Waals surface area (Å²) in [4.78, 5) is 2.37. The summed E-state index contributed by atoms with van der Waals surface area (Å²) >= 11 is 1.26. The Labute approximate surface area is 88.7 Å². The number of nitrogens with zero attached hydrogens (tertiary/aromatic N) is 1. The highest BCUT2D eigenvalue weighted by Gasteiger charge is 2.35. The van der Waals surface area contributed by atoms with E-state index in [1.807, 2.05) is 0 Å². The molecular weight excluding hydrogens is 200 g/mol. The van der Waals surface area contributed by atoms with E-state index in [1.165, 1.54) is 11.8 Å². The molecule has 2 aliphatic rings. The highest BCUT2D eigenvalue weighted by molar-refractivity contribution is 8.00. The molecule has 2 aliphatic heterocycles. The van der Waals surface area contributed by atoms with Crippen molar-refractivity contribution in [2.45, 2.75) is 24.0 Å². The van der Waals surface area contributed by atoms with Gasteiger partial charge in [0.05, 0.1) is 0 Å². The van der Waals surface area contributed by atoms with Crippen LogP contribution in [0.1, 0.15) is 12.8 Å². The SMILES string of the molecule is OC1(O)CC(N2CCNCC2)CCS1. The first-order valence-corrected chi connectivity index (χ1v) is 6.19. The predicted molar refractivity (Wildman–Crippen MR) is 57.1 cm³/mol. The van der Waals surface area contributed by atoms with Gasteiger partial charge in [-0.3, -0.25) is 4.90 Å². The van der Waals surface area contributed by atoms with Crippen LogP contribution < -0.4 is 5.32 Å². The van der Waals surface area contributed by atoms with Crippen LogP contribution in [0.2, 0.25) is 0 Å². The van der Waals surface area contributed by atoms with Crippen LogP contribution in [0, 0.1) is 0 Å². The summed E-state index contributed by atoms with van der Waals surface area (Å²) in [6.07, 6.45) is 1.56. The third-order valence-corrected chi connectivity index (χ3v) is 4.02. The summed E-state index contributed by atoms with van der Waals surface area (Å²) < 4.78 is 0. The molecule has 14 heavy (non-hydrogen) atoms. The third-order valence-electron chi connectivity index (χ3n) is 2.95. The van der Waals surface area contributed by atoms with Crippen molar-refractivity contribution in [1.29, 1.82) is 0 Å². The Kier molecular flexibility index (Phi) is 3.34. The van der Waals surface area contributed by atoms with Gasteiger partial charge in [0.25, 0.3) is 0 Å². The van der Waals surface area contributed by atoms with Crippen LogP contribution in [0.25, 0.3) is 0 Å². The fourth-order valence-corrected chi connectivity index (χ4v) is 3.21. The van der Waals surface area contributed by atoms with Crippen molar-refractivity contribution in [2.75, 3.05) is 31.9 Å². The molecule has 0 aromatic carbocycles. The Morgan fingerprint density at radius 3 is 2.64 bits per heavy atom. The van der Waals surface area contributed by atoms with Crippen molar-refractivity contribution < 1.29 is 10.2 Å². The number of piperazine rings is 1. The molecule has 0 aromatic heterocycles. The average Bonchev–Trinajstić information content (AvgIpc) is 2.18. The van der Waals surface area contributed by atoms with Gasteiger partial charge in [0.1, 0.15) is 0 Å². The quantitative estimate of drug-likeness (QED) is 0.514. The maximum atomic E-state index is 9.55. The Hall–Kier alpha value is 0.190. The van der Waals surface area contributed by atoms with E-state index in [2.05, 4.69) is 10.2 Å². The minimum atomic E-state index is -1.49. The number of hydrogen-bond acceptors (Lipinski definition) is 5. The second kappa shape index (κ2) is 4.37. The molecule has 3 N–H and O–H groups in total. The van der Waals surface area contributed by atoms with Crippen molar-refractivity contribution in [3.8, 4) is 0 Å². The van der Waals surface area contributed by atoms with E-state index in [0.29, 0.717) is 12.5 Å². The van der Waals surface area contributed by atoms with Crippen LogP contribution in [0.15, 0.2) is 0 Å². The first-order valence-electron chi connectivity index (χ1n) is 5.21. The zero-order valence-electron chi connectivity index (χ0n) is 8.28. The van der Waals surface area contributed by atoms with Gasteiger partial charge >= 0.3 is 0 Å². The molecule has 1 unspecified atom stereocenters. The normalized spacial score (nSPS) is 34.3. The molecule has 1 atom stereocenters. The lowest BCUT2D eigenvalue weighted by Crippen LogP contribution is -2.52. The van der Waals surface area contributed by atoms with E-state index in [9.17, 15) is 10.2 Å². The van der Waals surface area contributed by atoms with E-state index in [-0.39, 0.29) is 0 Å². The van der Waals surface area contributed by atoms with Crippen LogP contribution >= 0.6 is 11.8 Å². The smallest absolute Gasteiger partial charge is 0.214 e. The zero-order valence-corrected chi connectivity index (χ0v) is 9.09. The van der Waals surface area contributed by atoms with Gasteiger partial charge in [0, 0.05) is 38.6 Å². The Bertz CT molecular complexity index is 195. The van der Waals surface area contributed by atoms with Gasteiger partial charge in [-0.05, 0) is 12.2 Å². The molecule has 82 valence electrons. The molecule has 2 saturated heterocycles. The molecule has 2 fully saturated rings. The van der Waals surface area contributed by atoms with Crippen molar-refractivity contribution in [1.82, 2.24) is 10.2 Å². The van der Waals surface area contributed by atoms with Crippen molar-refractivity contribution in [3.63, 3.8) is 0 Å². The Balaban J connectivity index is 1.89. The fourth-order valence-electron chi connectivity index (χ4n) is 2.19. The van der Waals surface area contributed by atoms with Crippen molar-refractivity contribution in [2.24, 2.45) is 0 Å². The standard InChI is InChI=1S/C9H18N2O2S/c12-9(13)7-8(1-6-14-9)11-4-2-10-3-5-11/h8,10,12-13H,1-7H2. The largest absolute Gasteiger partial charge is 0.357 e. The number of aliphatic hydroxyl groups is 2. The summed E-state index contributed by atoms with van der Waals surface area (Å²) in [6.45, 7) is 4.11. The van der Waals surface area contributed by atoms with Crippen LogP contribution in [-0.4, -0.2) is 58.2 Å². The minimum Gasteiger partial charge on any atom is -0.357 e. The average molecular weight is 218 g/mol. The molecule has 4 nitrogen and oxygen atoms in total. The molecule has 2 rings (SSSR count). The molecular formula is C9H18N2O2S. The molecule has 0 aliphatic carbocycles. The van der Waals surface area contributed by atoms with E-state index in [1.54, 1.807) is 0 Å². The number of hydrogen-bond donors (Lipinski definition) is 3. The minimum absolute atomic E-state index is 0.355. The van der Waals surface area contributed by atoms with E-state index in [4.69, 9.17) is 0 Å². The van der Waals surface area contributed by atoms with Gasteiger partial charge < -0.3 is 15.5 Å². The molecule has 5 heteroatoms. The predicted octanol–water partition coefficient (Wildman–Crippen LogP) is -0.574.